The molecule has 0 spiro atoms. The highest BCUT2D eigenvalue weighted by atomic mass is 127. The van der Waals surface area contributed by atoms with Crippen LogP contribution in [-0.2, 0) is 16.0 Å². The van der Waals surface area contributed by atoms with Gasteiger partial charge in [-0.1, -0.05) is 29.8 Å². The maximum Gasteiger partial charge on any atom is 0.191 e. The number of ether oxygens (including phenoxy) is 2. The van der Waals surface area contributed by atoms with Gasteiger partial charge in [-0.05, 0) is 18.9 Å². The molecule has 0 bridgehead atoms. The van der Waals surface area contributed by atoms with E-state index < -0.39 is 0 Å². The minimum absolute atomic E-state index is 0. The smallest absolute Gasteiger partial charge is 0.191 e. The number of nitrogens with one attached hydrogen (secondary N) is 2. The van der Waals surface area contributed by atoms with Crippen molar-refractivity contribution in [3.63, 3.8) is 0 Å². The average Bonchev–Trinajstić information content (AvgIpc) is 2.49. The third kappa shape index (κ3) is 9.97. The summed E-state index contributed by atoms with van der Waals surface area (Å²) in [5.41, 5.74) is 2.52. The molecule has 0 aliphatic heterocycles. The number of aryl methyl sites for hydroxylation is 1. The molecule has 6 heteroatoms. The average molecular weight is 421 g/mol. The Morgan fingerprint density at radius 1 is 1.18 bits per heavy atom. The number of guanidine groups is 1. The van der Waals surface area contributed by atoms with Crippen LogP contribution in [0.5, 0.6) is 0 Å². The molecule has 0 heterocycles. The Morgan fingerprint density at radius 2 is 2.00 bits per heavy atom. The first-order valence-corrected chi connectivity index (χ1v) is 7.33. The normalized spacial score (nSPS) is 11.0. The zero-order valence-electron chi connectivity index (χ0n) is 13.7. The van der Waals surface area contributed by atoms with Crippen LogP contribution in [0.2, 0.25) is 0 Å². The lowest BCUT2D eigenvalue weighted by molar-refractivity contribution is 0.0698. The first kappa shape index (κ1) is 21.1. The summed E-state index contributed by atoms with van der Waals surface area (Å²) in [6.07, 6.45) is 0.939. The van der Waals surface area contributed by atoms with Gasteiger partial charge in [-0.3, -0.25) is 4.99 Å². The van der Waals surface area contributed by atoms with Gasteiger partial charge >= 0.3 is 0 Å². The zero-order chi connectivity index (χ0) is 15.3. The van der Waals surface area contributed by atoms with E-state index in [1.807, 2.05) is 0 Å². The number of hydrogen-bond acceptors (Lipinski definition) is 3. The van der Waals surface area contributed by atoms with Crippen LogP contribution in [0.4, 0.5) is 0 Å². The topological polar surface area (TPSA) is 54.9 Å². The zero-order valence-corrected chi connectivity index (χ0v) is 16.1. The van der Waals surface area contributed by atoms with Crippen molar-refractivity contribution in [1.82, 2.24) is 10.6 Å². The van der Waals surface area contributed by atoms with Crippen molar-refractivity contribution in [1.29, 1.82) is 0 Å². The third-order valence-corrected chi connectivity index (χ3v) is 2.96. The van der Waals surface area contributed by atoms with Crippen LogP contribution in [0.25, 0.3) is 0 Å². The molecule has 0 aromatic heterocycles. The summed E-state index contributed by atoms with van der Waals surface area (Å²) in [5, 5.41) is 6.58. The molecule has 1 aromatic carbocycles. The molecule has 0 amide bonds. The molecule has 0 aliphatic rings. The molecule has 22 heavy (non-hydrogen) atoms. The van der Waals surface area contributed by atoms with E-state index in [2.05, 4.69) is 46.8 Å². The Kier molecular flexibility index (Phi) is 13.2. The van der Waals surface area contributed by atoms with Crippen molar-refractivity contribution in [3.05, 3.63) is 35.4 Å². The minimum Gasteiger partial charge on any atom is -0.382 e. The van der Waals surface area contributed by atoms with E-state index in [0.29, 0.717) is 13.2 Å². The number of benzene rings is 1. The molecular formula is C16H28IN3O2. The quantitative estimate of drug-likeness (QED) is 0.278. The Bertz CT molecular complexity index is 428. The van der Waals surface area contributed by atoms with Crippen molar-refractivity contribution < 1.29 is 9.47 Å². The number of methoxy groups -OCH3 is 1. The summed E-state index contributed by atoms with van der Waals surface area (Å²) >= 11 is 0. The summed E-state index contributed by atoms with van der Waals surface area (Å²) in [5.74, 6) is 0.813. The fourth-order valence-electron chi connectivity index (χ4n) is 1.85. The third-order valence-electron chi connectivity index (χ3n) is 2.96. The first-order chi connectivity index (χ1) is 10.3. The maximum atomic E-state index is 5.41. The van der Waals surface area contributed by atoms with Crippen LogP contribution in [0.15, 0.2) is 29.3 Å². The van der Waals surface area contributed by atoms with Crippen molar-refractivity contribution in [2.45, 2.75) is 19.9 Å². The standard InChI is InChI=1S/C16H27N3O2.HI/c1-14-6-4-7-15(12-14)13-19-16(17-2)18-8-5-9-21-11-10-20-3;/h4,6-7,12H,5,8-11,13H2,1-3H3,(H2,17,18,19);1H. The van der Waals surface area contributed by atoms with Gasteiger partial charge in [0, 0.05) is 33.9 Å². The van der Waals surface area contributed by atoms with E-state index in [0.717, 1.165) is 32.1 Å². The predicted octanol–water partition coefficient (Wildman–Crippen LogP) is 2.33. The number of hydrogen-bond donors (Lipinski definition) is 2. The molecule has 0 aliphatic carbocycles. The summed E-state index contributed by atoms with van der Waals surface area (Å²) < 4.78 is 10.3. The summed E-state index contributed by atoms with van der Waals surface area (Å²) in [6, 6.07) is 8.45. The van der Waals surface area contributed by atoms with Crippen LogP contribution in [0.3, 0.4) is 0 Å². The van der Waals surface area contributed by atoms with Gasteiger partial charge in [0.25, 0.3) is 0 Å². The SMILES string of the molecule is CN=C(NCCCOCCOC)NCc1cccc(C)c1.I. The van der Waals surface area contributed by atoms with Gasteiger partial charge in [-0.2, -0.15) is 0 Å². The lowest BCUT2D eigenvalue weighted by Crippen LogP contribution is -2.37. The molecule has 0 fully saturated rings. The second-order valence-electron chi connectivity index (χ2n) is 4.80. The molecule has 1 aromatic rings. The van der Waals surface area contributed by atoms with Gasteiger partial charge in [-0.25, -0.2) is 0 Å². The van der Waals surface area contributed by atoms with Gasteiger partial charge in [0.15, 0.2) is 5.96 Å². The van der Waals surface area contributed by atoms with Crippen LogP contribution < -0.4 is 10.6 Å². The van der Waals surface area contributed by atoms with E-state index >= 15 is 0 Å². The number of nitrogens with zero attached hydrogens (tertiary/aromatic N) is 1. The number of rotatable bonds is 9. The van der Waals surface area contributed by atoms with Gasteiger partial charge in [0.1, 0.15) is 0 Å². The van der Waals surface area contributed by atoms with Crippen LogP contribution in [0, 0.1) is 6.92 Å². The Labute approximate surface area is 150 Å². The number of aliphatic imine (C=N–C) groups is 1. The molecule has 0 radical (unpaired) electrons. The van der Waals surface area contributed by atoms with Crippen molar-refractivity contribution >= 4 is 29.9 Å². The molecular weight excluding hydrogens is 393 g/mol. The molecule has 1 rings (SSSR count). The van der Waals surface area contributed by atoms with E-state index in [-0.39, 0.29) is 24.0 Å². The highest BCUT2D eigenvalue weighted by Gasteiger charge is 1.98. The minimum atomic E-state index is 0. The fourth-order valence-corrected chi connectivity index (χ4v) is 1.85. The lowest BCUT2D eigenvalue weighted by atomic mass is 10.1. The molecule has 0 saturated carbocycles. The maximum absolute atomic E-state index is 5.41. The Balaban J connectivity index is 0.00000441. The molecule has 0 unspecified atom stereocenters. The molecule has 0 atom stereocenters. The van der Waals surface area contributed by atoms with Gasteiger partial charge in [0.05, 0.1) is 13.2 Å². The summed E-state index contributed by atoms with van der Waals surface area (Å²) in [6.45, 7) is 5.72. The Morgan fingerprint density at radius 3 is 2.68 bits per heavy atom. The first-order valence-electron chi connectivity index (χ1n) is 7.33. The highest BCUT2D eigenvalue weighted by Crippen LogP contribution is 2.02. The highest BCUT2D eigenvalue weighted by molar-refractivity contribution is 14.0. The van der Waals surface area contributed by atoms with Crippen molar-refractivity contribution in [2.75, 3.05) is 40.5 Å². The predicted molar refractivity (Wildman–Crippen MR) is 102 cm³/mol. The lowest BCUT2D eigenvalue weighted by Gasteiger charge is -2.12. The fraction of sp³-hybridized carbons (Fsp3) is 0.562. The van der Waals surface area contributed by atoms with Crippen molar-refractivity contribution in [3.8, 4) is 0 Å². The van der Waals surface area contributed by atoms with Gasteiger partial charge in [-0.15, -0.1) is 24.0 Å². The van der Waals surface area contributed by atoms with Crippen LogP contribution in [-0.4, -0.2) is 46.5 Å². The molecule has 0 saturated heterocycles. The molecule has 5 nitrogen and oxygen atoms in total. The van der Waals surface area contributed by atoms with Gasteiger partial charge < -0.3 is 20.1 Å². The van der Waals surface area contributed by atoms with Gasteiger partial charge in [0.2, 0.25) is 0 Å². The summed E-state index contributed by atoms with van der Waals surface area (Å²) in [7, 11) is 3.45. The second kappa shape index (κ2) is 13.8. The second-order valence-corrected chi connectivity index (χ2v) is 4.80. The Hall–Kier alpha value is -0.860. The van der Waals surface area contributed by atoms with E-state index in [1.54, 1.807) is 14.2 Å². The van der Waals surface area contributed by atoms with Crippen LogP contribution >= 0.6 is 24.0 Å². The molecule has 126 valence electrons. The molecule has 2 N–H and O–H groups in total. The van der Waals surface area contributed by atoms with E-state index in [9.17, 15) is 0 Å². The number of halogens is 1. The van der Waals surface area contributed by atoms with Crippen LogP contribution in [0.1, 0.15) is 17.5 Å². The van der Waals surface area contributed by atoms with E-state index in [1.165, 1.54) is 11.1 Å². The summed E-state index contributed by atoms with van der Waals surface area (Å²) in [4.78, 5) is 4.21. The van der Waals surface area contributed by atoms with Crippen molar-refractivity contribution in [2.24, 2.45) is 4.99 Å². The monoisotopic (exact) mass is 421 g/mol. The van der Waals surface area contributed by atoms with E-state index in [4.69, 9.17) is 9.47 Å². The largest absolute Gasteiger partial charge is 0.382 e.